The van der Waals surface area contributed by atoms with Gasteiger partial charge in [-0.25, -0.2) is 0 Å². The molecule has 4 heterocycles. The molecule has 0 aliphatic carbocycles. The zero-order chi connectivity index (χ0) is 20.2. The first-order valence-electron chi connectivity index (χ1n) is 9.84. The van der Waals surface area contributed by atoms with Gasteiger partial charge in [0.05, 0.1) is 25.2 Å². The maximum atomic E-state index is 5.77. The Hall–Kier alpha value is -3.25. The van der Waals surface area contributed by atoms with Crippen molar-refractivity contribution in [1.82, 2.24) is 0 Å². The largest absolute Gasteiger partial charge is 0.493 e. The molecule has 0 fully saturated rings. The second-order valence-electron chi connectivity index (χ2n) is 7.46. The van der Waals surface area contributed by atoms with Crippen LogP contribution >= 0.6 is 11.3 Å². The Morgan fingerprint density at radius 3 is 2.60 bits per heavy atom. The molecule has 0 saturated heterocycles. The van der Waals surface area contributed by atoms with E-state index in [4.69, 9.17) is 18.9 Å². The van der Waals surface area contributed by atoms with E-state index in [1.54, 1.807) is 25.6 Å². The molecule has 150 valence electrons. The highest BCUT2D eigenvalue weighted by Gasteiger charge is 2.29. The molecule has 0 amide bonds. The molecule has 0 saturated carbocycles. The van der Waals surface area contributed by atoms with Crippen LogP contribution in [0.3, 0.4) is 0 Å². The van der Waals surface area contributed by atoms with Crippen LogP contribution in [-0.2, 0) is 13.0 Å². The lowest BCUT2D eigenvalue weighted by Gasteiger charge is -2.19. The third kappa shape index (κ3) is 2.50. The summed E-state index contributed by atoms with van der Waals surface area (Å²) < 4.78 is 25.0. The number of aromatic nitrogens is 1. The highest BCUT2D eigenvalue weighted by molar-refractivity contribution is 7.08. The molecule has 2 aromatic carbocycles. The molecule has 0 unspecified atom stereocenters. The molecule has 0 N–H and O–H groups in total. The van der Waals surface area contributed by atoms with E-state index in [9.17, 15) is 0 Å². The molecular weight excluding hydrogens is 398 g/mol. The van der Waals surface area contributed by atoms with Crippen LogP contribution in [0.2, 0.25) is 0 Å². The minimum Gasteiger partial charge on any atom is -0.493 e. The number of nitrogens with zero attached hydrogens (tertiary/aromatic N) is 1. The van der Waals surface area contributed by atoms with Crippen molar-refractivity contribution in [3.63, 3.8) is 0 Å². The summed E-state index contributed by atoms with van der Waals surface area (Å²) in [6.45, 7) is 1.18. The number of aryl methyl sites for hydroxylation is 2. The molecule has 0 spiro atoms. The van der Waals surface area contributed by atoms with E-state index in [2.05, 4.69) is 51.9 Å². The van der Waals surface area contributed by atoms with Gasteiger partial charge in [-0.3, -0.25) is 0 Å². The number of benzene rings is 2. The van der Waals surface area contributed by atoms with E-state index in [0.29, 0.717) is 0 Å². The maximum absolute atomic E-state index is 5.77. The molecule has 2 aliphatic heterocycles. The first-order valence-corrected chi connectivity index (χ1v) is 10.8. The number of rotatable bonds is 3. The van der Waals surface area contributed by atoms with Gasteiger partial charge in [0.1, 0.15) is 0 Å². The predicted molar refractivity (Wildman–Crippen MR) is 116 cm³/mol. The Balaban J connectivity index is 1.67. The van der Waals surface area contributed by atoms with E-state index in [0.717, 1.165) is 52.3 Å². The molecule has 6 heteroatoms. The summed E-state index contributed by atoms with van der Waals surface area (Å²) in [4.78, 5) is 0. The van der Waals surface area contributed by atoms with Crippen LogP contribution in [-0.4, -0.2) is 21.0 Å². The average molecular weight is 418 g/mol. The van der Waals surface area contributed by atoms with Crippen LogP contribution in [0.1, 0.15) is 5.56 Å². The van der Waals surface area contributed by atoms with Gasteiger partial charge in [-0.05, 0) is 51.7 Å². The highest BCUT2D eigenvalue weighted by Crippen LogP contribution is 2.45. The molecule has 4 aromatic rings. The molecular formula is C24H20NO4S+. The zero-order valence-electron chi connectivity index (χ0n) is 16.7. The highest BCUT2D eigenvalue weighted by atomic mass is 32.1. The lowest BCUT2D eigenvalue weighted by molar-refractivity contribution is -0.686. The van der Waals surface area contributed by atoms with Crippen molar-refractivity contribution in [2.45, 2.75) is 13.0 Å². The maximum Gasteiger partial charge on any atom is 0.231 e. The van der Waals surface area contributed by atoms with Gasteiger partial charge >= 0.3 is 0 Å². The van der Waals surface area contributed by atoms with E-state index in [1.807, 2.05) is 0 Å². The Morgan fingerprint density at radius 1 is 0.967 bits per heavy atom. The summed E-state index contributed by atoms with van der Waals surface area (Å²) >= 11 is 1.69. The molecule has 2 aromatic heterocycles. The summed E-state index contributed by atoms with van der Waals surface area (Å²) in [7, 11) is 3.38. The summed E-state index contributed by atoms with van der Waals surface area (Å²) in [6.07, 6.45) is 3.13. The van der Waals surface area contributed by atoms with Crippen LogP contribution in [0.5, 0.6) is 23.0 Å². The van der Waals surface area contributed by atoms with Gasteiger partial charge in [0, 0.05) is 17.9 Å². The normalized spacial score (nSPS) is 13.8. The molecule has 5 nitrogen and oxygen atoms in total. The Bertz CT molecular complexity index is 1300. The number of hydrogen-bond acceptors (Lipinski definition) is 5. The number of pyridine rings is 1. The minimum absolute atomic E-state index is 0.287. The number of ether oxygens (including phenoxy) is 4. The monoisotopic (exact) mass is 418 g/mol. The Morgan fingerprint density at radius 2 is 1.83 bits per heavy atom. The van der Waals surface area contributed by atoms with Crippen molar-refractivity contribution in [3.8, 4) is 45.4 Å². The average Bonchev–Trinajstić information content (AvgIpc) is 3.47. The van der Waals surface area contributed by atoms with Gasteiger partial charge in [-0.15, -0.1) is 0 Å². The first-order chi connectivity index (χ1) is 14.8. The van der Waals surface area contributed by atoms with Gasteiger partial charge in [-0.1, -0.05) is 0 Å². The zero-order valence-corrected chi connectivity index (χ0v) is 17.5. The Kier molecular flexibility index (Phi) is 3.89. The lowest BCUT2D eigenvalue weighted by Crippen LogP contribution is -2.40. The number of fused-ring (bicyclic) bond motifs is 5. The van der Waals surface area contributed by atoms with Gasteiger partial charge in [0.25, 0.3) is 0 Å². The van der Waals surface area contributed by atoms with E-state index in [1.165, 1.54) is 22.4 Å². The van der Waals surface area contributed by atoms with E-state index >= 15 is 0 Å². The van der Waals surface area contributed by atoms with Crippen LogP contribution in [0.4, 0.5) is 0 Å². The molecule has 0 bridgehead atoms. The number of methoxy groups -OCH3 is 2. The smallest absolute Gasteiger partial charge is 0.231 e. The quantitative estimate of drug-likeness (QED) is 0.447. The summed E-state index contributed by atoms with van der Waals surface area (Å²) in [5, 5.41) is 6.45. The topological polar surface area (TPSA) is 40.8 Å². The van der Waals surface area contributed by atoms with Crippen molar-refractivity contribution in [2.24, 2.45) is 0 Å². The first kappa shape index (κ1) is 17.6. The lowest BCUT2D eigenvalue weighted by atomic mass is 9.93. The summed E-state index contributed by atoms with van der Waals surface area (Å²) in [5.74, 6) is 3.16. The molecule has 0 atom stereocenters. The molecule has 2 aliphatic rings. The standard InChI is InChI=1S/C24H20NO4S/c1-26-23-9-16(15-4-6-30-12-15)18-8-20-17-10-22-21(28-13-29-22)7-14(17)3-5-25(20)11-19(18)24(23)27-2/h4,6-12H,3,5,13H2,1-2H3/q+1. The van der Waals surface area contributed by atoms with Gasteiger partial charge in [-0.2, -0.15) is 15.9 Å². The third-order valence-electron chi connectivity index (χ3n) is 5.95. The summed E-state index contributed by atoms with van der Waals surface area (Å²) in [5.41, 5.74) is 5.97. The fourth-order valence-electron chi connectivity index (χ4n) is 4.51. The van der Waals surface area contributed by atoms with Crippen LogP contribution < -0.4 is 23.5 Å². The number of hydrogen-bond donors (Lipinski definition) is 0. The van der Waals surface area contributed by atoms with Crippen LogP contribution in [0.15, 0.2) is 47.3 Å². The number of thiophene rings is 1. The third-order valence-corrected chi connectivity index (χ3v) is 6.64. The van der Waals surface area contributed by atoms with Crippen LogP contribution in [0, 0.1) is 0 Å². The minimum atomic E-state index is 0.287. The van der Waals surface area contributed by atoms with E-state index < -0.39 is 0 Å². The van der Waals surface area contributed by atoms with Gasteiger partial charge < -0.3 is 18.9 Å². The second kappa shape index (κ2) is 6.64. The van der Waals surface area contributed by atoms with Gasteiger partial charge in [0.2, 0.25) is 12.5 Å². The van der Waals surface area contributed by atoms with Crippen LogP contribution in [0.25, 0.3) is 33.2 Å². The molecule has 0 radical (unpaired) electrons. The van der Waals surface area contributed by atoms with E-state index in [-0.39, 0.29) is 6.79 Å². The Labute approximate surface area is 178 Å². The van der Waals surface area contributed by atoms with Crippen molar-refractivity contribution < 1.29 is 23.5 Å². The summed E-state index contributed by atoms with van der Waals surface area (Å²) in [6, 6.07) is 10.7. The SMILES string of the molecule is COc1cc(-c2ccsc2)c2cc3[n+](cc2c1OC)CCc1cc2c(cc1-3)OCO2. The fraction of sp³-hybridized carbons (Fsp3) is 0.208. The molecule has 30 heavy (non-hydrogen) atoms. The fourth-order valence-corrected chi connectivity index (χ4v) is 5.17. The predicted octanol–water partition coefficient (Wildman–Crippen LogP) is 4.82. The van der Waals surface area contributed by atoms with Crippen molar-refractivity contribution in [1.29, 1.82) is 0 Å². The van der Waals surface area contributed by atoms with Crippen molar-refractivity contribution >= 4 is 22.1 Å². The van der Waals surface area contributed by atoms with Gasteiger partial charge in [0.15, 0.2) is 35.7 Å². The van der Waals surface area contributed by atoms with Crippen molar-refractivity contribution in [3.05, 3.63) is 52.9 Å². The second-order valence-corrected chi connectivity index (χ2v) is 8.24. The molecule has 6 rings (SSSR count). The van der Waals surface area contributed by atoms with Crippen molar-refractivity contribution in [2.75, 3.05) is 21.0 Å².